The number of pyridine rings is 1. The standard InChI is InChI=1S/C21H25N5O2S/c1-14-5-6-18(23-22-14)25-12-15-11-16(13-25)20(21(28)24-7-9-29-10-8-24)26-17(15)3-2-4-19(26)27/h2-6,15-16,20H,7-13H2,1H3/t15-,16+,20-/m1/s1. The molecule has 0 spiro atoms. The molecule has 152 valence electrons. The van der Waals surface area contributed by atoms with Crippen molar-refractivity contribution < 1.29 is 4.79 Å². The molecule has 8 heteroatoms. The van der Waals surface area contributed by atoms with E-state index in [-0.39, 0.29) is 23.3 Å². The summed E-state index contributed by atoms with van der Waals surface area (Å²) in [6.45, 7) is 4.96. The number of aryl methyl sites for hydroxylation is 1. The van der Waals surface area contributed by atoms with Crippen LogP contribution in [0.2, 0.25) is 0 Å². The number of rotatable bonds is 2. The fourth-order valence-electron chi connectivity index (χ4n) is 4.97. The summed E-state index contributed by atoms with van der Waals surface area (Å²) in [7, 11) is 0. The number of thioether (sulfide) groups is 1. The lowest BCUT2D eigenvalue weighted by Crippen LogP contribution is -2.55. The average Bonchev–Trinajstić information content (AvgIpc) is 2.75. The van der Waals surface area contributed by atoms with Gasteiger partial charge in [0.15, 0.2) is 5.82 Å². The maximum atomic E-state index is 13.6. The van der Waals surface area contributed by atoms with Crippen LogP contribution in [-0.2, 0) is 4.79 Å². The molecule has 2 saturated heterocycles. The number of carbonyl (C=O) groups excluding carboxylic acids is 1. The first-order valence-corrected chi connectivity index (χ1v) is 11.4. The van der Waals surface area contributed by atoms with Crippen LogP contribution < -0.4 is 10.5 Å². The van der Waals surface area contributed by atoms with Crippen molar-refractivity contribution in [2.75, 3.05) is 42.6 Å². The number of anilines is 1. The highest BCUT2D eigenvalue weighted by atomic mass is 32.2. The monoisotopic (exact) mass is 411 g/mol. The van der Waals surface area contributed by atoms with Gasteiger partial charge in [0.25, 0.3) is 5.56 Å². The molecule has 3 aliphatic heterocycles. The van der Waals surface area contributed by atoms with Gasteiger partial charge in [-0.05, 0) is 31.5 Å². The van der Waals surface area contributed by atoms with E-state index in [2.05, 4.69) is 15.1 Å². The van der Waals surface area contributed by atoms with Gasteiger partial charge in [0.05, 0.1) is 5.69 Å². The second-order valence-corrected chi connectivity index (χ2v) is 9.40. The van der Waals surface area contributed by atoms with Gasteiger partial charge in [-0.2, -0.15) is 16.9 Å². The molecule has 1 amide bonds. The highest BCUT2D eigenvalue weighted by Gasteiger charge is 2.45. The molecule has 29 heavy (non-hydrogen) atoms. The molecule has 3 atom stereocenters. The van der Waals surface area contributed by atoms with Gasteiger partial charge in [0, 0.05) is 61.3 Å². The summed E-state index contributed by atoms with van der Waals surface area (Å²) in [4.78, 5) is 30.6. The summed E-state index contributed by atoms with van der Waals surface area (Å²) < 4.78 is 1.79. The molecule has 5 heterocycles. The smallest absolute Gasteiger partial charge is 0.251 e. The maximum absolute atomic E-state index is 13.6. The van der Waals surface area contributed by atoms with Crippen molar-refractivity contribution >= 4 is 23.5 Å². The van der Waals surface area contributed by atoms with Gasteiger partial charge in [0.1, 0.15) is 6.04 Å². The van der Waals surface area contributed by atoms with Crippen molar-refractivity contribution in [2.24, 2.45) is 5.92 Å². The second kappa shape index (κ2) is 7.48. The topological polar surface area (TPSA) is 71.3 Å². The first-order valence-electron chi connectivity index (χ1n) is 10.2. The van der Waals surface area contributed by atoms with E-state index in [0.29, 0.717) is 6.54 Å². The van der Waals surface area contributed by atoms with Crippen LogP contribution in [0.25, 0.3) is 0 Å². The van der Waals surface area contributed by atoms with E-state index in [1.807, 2.05) is 47.9 Å². The van der Waals surface area contributed by atoms with Crippen molar-refractivity contribution in [1.82, 2.24) is 19.7 Å². The highest BCUT2D eigenvalue weighted by molar-refractivity contribution is 7.99. The third-order valence-corrected chi connectivity index (χ3v) is 7.27. The third kappa shape index (κ3) is 3.33. The SMILES string of the molecule is Cc1ccc(N2C[C@H]3C[C@@H](C2)[C@H](C(=O)N2CCSCC2)n2c3cccc2=O)nn1. The minimum atomic E-state index is -0.431. The lowest BCUT2D eigenvalue weighted by molar-refractivity contribution is -0.137. The van der Waals surface area contributed by atoms with Crippen LogP contribution in [-0.4, -0.2) is 63.3 Å². The zero-order valence-corrected chi connectivity index (χ0v) is 17.3. The van der Waals surface area contributed by atoms with Gasteiger partial charge in [-0.25, -0.2) is 0 Å². The molecule has 2 aromatic rings. The van der Waals surface area contributed by atoms with Crippen molar-refractivity contribution in [3.63, 3.8) is 0 Å². The first-order chi connectivity index (χ1) is 14.1. The van der Waals surface area contributed by atoms with Gasteiger partial charge < -0.3 is 9.80 Å². The summed E-state index contributed by atoms with van der Waals surface area (Å²) in [6.07, 6.45) is 0.929. The van der Waals surface area contributed by atoms with Gasteiger partial charge in [0.2, 0.25) is 5.91 Å². The molecule has 0 radical (unpaired) electrons. The molecule has 2 bridgehead atoms. The molecule has 7 nitrogen and oxygen atoms in total. The quantitative estimate of drug-likeness (QED) is 0.749. The molecule has 0 aromatic carbocycles. The van der Waals surface area contributed by atoms with E-state index in [4.69, 9.17) is 0 Å². The lowest BCUT2D eigenvalue weighted by atomic mass is 9.78. The van der Waals surface area contributed by atoms with Gasteiger partial charge in [-0.3, -0.25) is 14.2 Å². The molecule has 5 rings (SSSR count). The predicted octanol–water partition coefficient (Wildman–Crippen LogP) is 1.69. The van der Waals surface area contributed by atoms with E-state index in [9.17, 15) is 9.59 Å². The number of fused-ring (bicyclic) bond motifs is 4. The molecule has 0 unspecified atom stereocenters. The molecule has 2 aromatic heterocycles. The minimum Gasteiger partial charge on any atom is -0.354 e. The van der Waals surface area contributed by atoms with Gasteiger partial charge >= 0.3 is 0 Å². The summed E-state index contributed by atoms with van der Waals surface area (Å²) in [5, 5.41) is 8.58. The summed E-state index contributed by atoms with van der Waals surface area (Å²) in [6, 6.07) is 8.95. The second-order valence-electron chi connectivity index (χ2n) is 8.17. The zero-order chi connectivity index (χ0) is 20.0. The van der Waals surface area contributed by atoms with Crippen molar-refractivity contribution in [1.29, 1.82) is 0 Å². The van der Waals surface area contributed by atoms with E-state index in [1.165, 1.54) is 0 Å². The Morgan fingerprint density at radius 1 is 1.10 bits per heavy atom. The minimum absolute atomic E-state index is 0.0643. The Kier molecular flexibility index (Phi) is 4.81. The largest absolute Gasteiger partial charge is 0.354 e. The first kappa shape index (κ1) is 18.7. The van der Waals surface area contributed by atoms with Crippen LogP contribution in [0.5, 0.6) is 0 Å². The normalized spacial score (nSPS) is 26.2. The number of amides is 1. The van der Waals surface area contributed by atoms with Crippen LogP contribution in [0.3, 0.4) is 0 Å². The molecular formula is C21H25N5O2S. The van der Waals surface area contributed by atoms with Crippen molar-refractivity contribution in [2.45, 2.75) is 25.3 Å². The number of piperidine rings is 1. The third-order valence-electron chi connectivity index (χ3n) is 6.33. The zero-order valence-electron chi connectivity index (χ0n) is 16.5. The number of hydrogen-bond donors (Lipinski definition) is 0. The number of nitrogens with zero attached hydrogens (tertiary/aromatic N) is 5. The van der Waals surface area contributed by atoms with Gasteiger partial charge in [-0.1, -0.05) is 6.07 Å². The van der Waals surface area contributed by atoms with Crippen LogP contribution in [0.4, 0.5) is 5.82 Å². The average molecular weight is 412 g/mol. The van der Waals surface area contributed by atoms with Crippen LogP contribution in [0.15, 0.2) is 35.1 Å². The molecule has 0 aliphatic carbocycles. The van der Waals surface area contributed by atoms with E-state index < -0.39 is 6.04 Å². The Labute approximate surface area is 174 Å². The Balaban J connectivity index is 1.53. The Bertz CT molecular complexity index is 970. The molecular weight excluding hydrogens is 386 g/mol. The van der Waals surface area contributed by atoms with Crippen molar-refractivity contribution in [3.05, 3.63) is 52.1 Å². The fraction of sp³-hybridized carbons (Fsp3) is 0.524. The Morgan fingerprint density at radius 2 is 1.93 bits per heavy atom. The molecule has 0 saturated carbocycles. The predicted molar refractivity (Wildman–Crippen MR) is 113 cm³/mol. The summed E-state index contributed by atoms with van der Waals surface area (Å²) in [5.41, 5.74) is 1.80. The summed E-state index contributed by atoms with van der Waals surface area (Å²) in [5.74, 6) is 3.18. The van der Waals surface area contributed by atoms with E-state index >= 15 is 0 Å². The van der Waals surface area contributed by atoms with Crippen LogP contribution in [0, 0.1) is 12.8 Å². The van der Waals surface area contributed by atoms with E-state index in [1.54, 1.807) is 10.6 Å². The van der Waals surface area contributed by atoms with E-state index in [0.717, 1.165) is 54.8 Å². The molecule has 2 fully saturated rings. The lowest BCUT2D eigenvalue weighted by Gasteiger charge is -2.47. The highest BCUT2D eigenvalue weighted by Crippen LogP contribution is 2.42. The Hall–Kier alpha value is -2.35. The molecule has 0 N–H and O–H groups in total. The molecule has 3 aliphatic rings. The fourth-order valence-corrected chi connectivity index (χ4v) is 5.87. The number of aromatic nitrogens is 3. The Morgan fingerprint density at radius 3 is 2.69 bits per heavy atom. The maximum Gasteiger partial charge on any atom is 0.251 e. The van der Waals surface area contributed by atoms with Crippen LogP contribution >= 0.6 is 11.8 Å². The number of carbonyl (C=O) groups is 1. The summed E-state index contributed by atoms with van der Waals surface area (Å²) >= 11 is 1.88. The van der Waals surface area contributed by atoms with Gasteiger partial charge in [-0.15, -0.1) is 5.10 Å². The number of hydrogen-bond acceptors (Lipinski definition) is 6. The van der Waals surface area contributed by atoms with Crippen molar-refractivity contribution in [3.8, 4) is 0 Å². The van der Waals surface area contributed by atoms with Crippen LogP contribution in [0.1, 0.15) is 29.8 Å².